The van der Waals surface area contributed by atoms with Crippen molar-refractivity contribution in [2.24, 2.45) is 0 Å². The lowest BCUT2D eigenvalue weighted by Gasteiger charge is -2.13. The monoisotopic (exact) mass is 396 g/mol. The standard InChI is InChI=1S/C21H21ClN4O2/c1-12-6-5-7-13(2)19(12)26-21-23-14(3)10-17(25-21)20(27)24-16-11-15(22)8-9-18(16)28-4/h5-11H,1-4H3,(H,24,27)(H,23,25,26). The predicted molar refractivity (Wildman–Crippen MR) is 112 cm³/mol. The van der Waals surface area contributed by atoms with Crippen molar-refractivity contribution in [3.05, 3.63) is 70.0 Å². The molecule has 7 heteroatoms. The summed E-state index contributed by atoms with van der Waals surface area (Å²) in [5.74, 6) is 0.494. The smallest absolute Gasteiger partial charge is 0.274 e. The van der Waals surface area contributed by atoms with E-state index < -0.39 is 0 Å². The number of anilines is 3. The average Bonchev–Trinajstić information content (AvgIpc) is 2.64. The van der Waals surface area contributed by atoms with Gasteiger partial charge in [0.1, 0.15) is 11.4 Å². The van der Waals surface area contributed by atoms with Crippen LogP contribution in [0.15, 0.2) is 42.5 Å². The van der Waals surface area contributed by atoms with E-state index in [4.69, 9.17) is 16.3 Å². The lowest BCUT2D eigenvalue weighted by Crippen LogP contribution is -2.16. The molecule has 1 heterocycles. The van der Waals surface area contributed by atoms with Crippen molar-refractivity contribution in [2.45, 2.75) is 20.8 Å². The highest BCUT2D eigenvalue weighted by molar-refractivity contribution is 6.31. The number of aromatic nitrogens is 2. The summed E-state index contributed by atoms with van der Waals surface area (Å²) in [7, 11) is 1.53. The molecule has 0 aliphatic rings. The highest BCUT2D eigenvalue weighted by atomic mass is 35.5. The zero-order chi connectivity index (χ0) is 20.3. The lowest BCUT2D eigenvalue weighted by molar-refractivity contribution is 0.102. The van der Waals surface area contributed by atoms with Gasteiger partial charge in [-0.15, -0.1) is 0 Å². The first-order valence-corrected chi connectivity index (χ1v) is 9.09. The van der Waals surface area contributed by atoms with E-state index in [0.29, 0.717) is 28.1 Å². The summed E-state index contributed by atoms with van der Waals surface area (Å²) < 4.78 is 5.27. The summed E-state index contributed by atoms with van der Waals surface area (Å²) in [6.07, 6.45) is 0. The van der Waals surface area contributed by atoms with Crippen LogP contribution in [0.4, 0.5) is 17.3 Å². The van der Waals surface area contributed by atoms with Gasteiger partial charge < -0.3 is 15.4 Å². The van der Waals surface area contributed by atoms with E-state index in [1.165, 1.54) is 7.11 Å². The van der Waals surface area contributed by atoms with Crippen molar-refractivity contribution in [2.75, 3.05) is 17.7 Å². The maximum atomic E-state index is 12.8. The van der Waals surface area contributed by atoms with Gasteiger partial charge >= 0.3 is 0 Å². The molecule has 144 valence electrons. The fourth-order valence-electron chi connectivity index (χ4n) is 2.83. The van der Waals surface area contributed by atoms with Crippen molar-refractivity contribution in [1.29, 1.82) is 0 Å². The van der Waals surface area contributed by atoms with Gasteiger partial charge in [0, 0.05) is 16.4 Å². The first-order valence-electron chi connectivity index (χ1n) is 8.71. The fraction of sp³-hybridized carbons (Fsp3) is 0.190. The Kier molecular flexibility index (Phi) is 5.80. The molecule has 0 bridgehead atoms. The van der Waals surface area contributed by atoms with Crippen LogP contribution in [0, 0.1) is 20.8 Å². The van der Waals surface area contributed by atoms with Crippen LogP contribution in [-0.2, 0) is 0 Å². The zero-order valence-electron chi connectivity index (χ0n) is 16.1. The minimum absolute atomic E-state index is 0.239. The van der Waals surface area contributed by atoms with Gasteiger partial charge in [-0.25, -0.2) is 9.97 Å². The summed E-state index contributed by atoms with van der Waals surface area (Å²) in [4.78, 5) is 21.5. The van der Waals surface area contributed by atoms with Crippen LogP contribution in [0.5, 0.6) is 5.75 Å². The molecule has 0 aliphatic heterocycles. The molecule has 3 aromatic rings. The van der Waals surface area contributed by atoms with E-state index in [1.807, 2.05) is 39.0 Å². The Morgan fingerprint density at radius 2 is 1.75 bits per heavy atom. The van der Waals surface area contributed by atoms with Gasteiger partial charge in [0.05, 0.1) is 12.8 Å². The number of benzene rings is 2. The van der Waals surface area contributed by atoms with Crippen LogP contribution in [-0.4, -0.2) is 23.0 Å². The molecule has 1 aromatic heterocycles. The van der Waals surface area contributed by atoms with Gasteiger partial charge in [-0.3, -0.25) is 4.79 Å². The predicted octanol–water partition coefficient (Wildman–Crippen LogP) is 5.06. The number of nitrogens with one attached hydrogen (secondary N) is 2. The van der Waals surface area contributed by atoms with Crippen molar-refractivity contribution in [3.8, 4) is 5.75 Å². The van der Waals surface area contributed by atoms with E-state index in [9.17, 15) is 4.79 Å². The number of nitrogens with zero attached hydrogens (tertiary/aromatic N) is 2. The Morgan fingerprint density at radius 1 is 1.04 bits per heavy atom. The zero-order valence-corrected chi connectivity index (χ0v) is 16.9. The number of ether oxygens (including phenoxy) is 1. The van der Waals surface area contributed by atoms with Crippen molar-refractivity contribution >= 4 is 34.8 Å². The van der Waals surface area contributed by atoms with Crippen LogP contribution in [0.2, 0.25) is 5.02 Å². The lowest BCUT2D eigenvalue weighted by atomic mass is 10.1. The average molecular weight is 397 g/mol. The number of para-hydroxylation sites is 1. The van der Waals surface area contributed by atoms with Crippen LogP contribution < -0.4 is 15.4 Å². The van der Waals surface area contributed by atoms with Gasteiger partial charge in [-0.1, -0.05) is 29.8 Å². The first kappa shape index (κ1) is 19.6. The third-order valence-corrected chi connectivity index (χ3v) is 4.45. The maximum Gasteiger partial charge on any atom is 0.274 e. The molecular weight excluding hydrogens is 376 g/mol. The Hall–Kier alpha value is -3.12. The Bertz CT molecular complexity index is 1020. The Labute approximate surface area is 168 Å². The minimum Gasteiger partial charge on any atom is -0.495 e. The van der Waals surface area contributed by atoms with Crippen molar-refractivity contribution < 1.29 is 9.53 Å². The Morgan fingerprint density at radius 3 is 2.43 bits per heavy atom. The largest absolute Gasteiger partial charge is 0.495 e. The minimum atomic E-state index is -0.379. The fourth-order valence-corrected chi connectivity index (χ4v) is 3.00. The second kappa shape index (κ2) is 8.27. The third kappa shape index (κ3) is 4.40. The molecule has 0 saturated heterocycles. The van der Waals surface area contributed by atoms with E-state index >= 15 is 0 Å². The SMILES string of the molecule is COc1ccc(Cl)cc1NC(=O)c1cc(C)nc(Nc2c(C)cccc2C)n1. The number of halogens is 1. The molecule has 0 unspecified atom stereocenters. The molecule has 0 saturated carbocycles. The van der Waals surface area contributed by atoms with Gasteiger partial charge in [-0.2, -0.15) is 0 Å². The molecule has 0 spiro atoms. The molecular formula is C21H21ClN4O2. The number of carbonyl (C=O) groups is 1. The summed E-state index contributed by atoms with van der Waals surface area (Å²) in [5, 5.41) is 6.51. The van der Waals surface area contributed by atoms with Gasteiger partial charge in [-0.05, 0) is 56.2 Å². The van der Waals surface area contributed by atoms with Gasteiger partial charge in [0.2, 0.25) is 5.95 Å². The van der Waals surface area contributed by atoms with Crippen LogP contribution >= 0.6 is 11.6 Å². The van der Waals surface area contributed by atoms with E-state index in [1.54, 1.807) is 24.3 Å². The Balaban J connectivity index is 1.89. The molecule has 2 N–H and O–H groups in total. The highest BCUT2D eigenvalue weighted by Crippen LogP contribution is 2.28. The number of hydrogen-bond acceptors (Lipinski definition) is 5. The maximum absolute atomic E-state index is 12.8. The molecule has 3 rings (SSSR count). The van der Waals surface area contributed by atoms with E-state index in [2.05, 4.69) is 20.6 Å². The van der Waals surface area contributed by atoms with E-state index in [-0.39, 0.29) is 11.6 Å². The van der Waals surface area contributed by atoms with Crippen LogP contribution in [0.1, 0.15) is 27.3 Å². The van der Waals surface area contributed by atoms with Gasteiger partial charge in [0.15, 0.2) is 0 Å². The second-order valence-electron chi connectivity index (χ2n) is 6.41. The molecule has 1 amide bonds. The normalized spacial score (nSPS) is 10.5. The molecule has 0 radical (unpaired) electrons. The highest BCUT2D eigenvalue weighted by Gasteiger charge is 2.14. The van der Waals surface area contributed by atoms with Crippen molar-refractivity contribution in [1.82, 2.24) is 9.97 Å². The molecule has 0 aliphatic carbocycles. The second-order valence-corrected chi connectivity index (χ2v) is 6.85. The summed E-state index contributed by atoms with van der Waals surface area (Å²) in [6.45, 7) is 5.82. The molecule has 0 atom stereocenters. The number of methoxy groups -OCH3 is 1. The molecule has 0 fully saturated rings. The van der Waals surface area contributed by atoms with E-state index in [0.717, 1.165) is 16.8 Å². The summed E-state index contributed by atoms with van der Waals surface area (Å²) >= 11 is 6.03. The summed E-state index contributed by atoms with van der Waals surface area (Å²) in [5.41, 5.74) is 4.45. The molecule has 2 aromatic carbocycles. The molecule has 28 heavy (non-hydrogen) atoms. The quantitative estimate of drug-likeness (QED) is 0.630. The third-order valence-electron chi connectivity index (χ3n) is 4.21. The first-order chi connectivity index (χ1) is 13.4. The number of rotatable bonds is 5. The van der Waals surface area contributed by atoms with Crippen LogP contribution in [0.25, 0.3) is 0 Å². The number of hydrogen-bond donors (Lipinski definition) is 2. The van der Waals surface area contributed by atoms with Crippen LogP contribution in [0.3, 0.4) is 0 Å². The van der Waals surface area contributed by atoms with Gasteiger partial charge in [0.25, 0.3) is 5.91 Å². The summed E-state index contributed by atoms with van der Waals surface area (Å²) in [6, 6.07) is 12.6. The topological polar surface area (TPSA) is 76.1 Å². The number of carbonyl (C=O) groups excluding carboxylic acids is 1. The van der Waals surface area contributed by atoms with Crippen molar-refractivity contribution in [3.63, 3.8) is 0 Å². The molecule has 6 nitrogen and oxygen atoms in total. The number of aryl methyl sites for hydroxylation is 3. The number of amides is 1.